The molecular weight excluding hydrogens is 442 g/mol. The van der Waals surface area contributed by atoms with Crippen molar-refractivity contribution in [1.29, 1.82) is 0 Å². The van der Waals surface area contributed by atoms with E-state index in [1.165, 1.54) is 34.6 Å². The molecule has 1 amide bonds. The highest BCUT2D eigenvalue weighted by atomic mass is 32.2. The molecule has 1 saturated heterocycles. The molecule has 0 bridgehead atoms. The zero-order chi connectivity index (χ0) is 23.3. The lowest BCUT2D eigenvalue weighted by molar-refractivity contribution is 0.0956. The van der Waals surface area contributed by atoms with E-state index >= 15 is 0 Å². The molecule has 2 unspecified atom stereocenters. The van der Waals surface area contributed by atoms with Crippen LogP contribution in [-0.2, 0) is 0 Å². The number of hydrogen-bond donors (Lipinski definition) is 5. The van der Waals surface area contributed by atoms with Gasteiger partial charge in [0, 0.05) is 52.1 Å². The third-order valence-electron chi connectivity index (χ3n) is 6.81. The number of rotatable bonds is 6. The van der Waals surface area contributed by atoms with Crippen LogP contribution in [0, 0.1) is 5.92 Å². The predicted molar refractivity (Wildman–Crippen MR) is 138 cm³/mol. The number of benzene rings is 1. The van der Waals surface area contributed by atoms with E-state index in [-0.39, 0.29) is 5.91 Å². The number of carbonyl (C=O) groups is 1. The van der Waals surface area contributed by atoms with Crippen LogP contribution >= 0.6 is 11.8 Å². The van der Waals surface area contributed by atoms with Crippen LogP contribution in [0.3, 0.4) is 0 Å². The molecule has 5 rings (SSSR count). The van der Waals surface area contributed by atoms with Crippen LogP contribution in [-0.4, -0.2) is 38.1 Å². The Labute approximate surface area is 205 Å². The highest BCUT2D eigenvalue weighted by Gasteiger charge is 2.21. The second kappa shape index (κ2) is 10.6. The van der Waals surface area contributed by atoms with Crippen molar-refractivity contribution in [3.8, 4) is 0 Å². The molecule has 6 nitrogen and oxygen atoms in total. The Kier molecular flexibility index (Phi) is 7.11. The second-order valence-electron chi connectivity index (χ2n) is 9.24. The molecule has 0 aromatic heterocycles. The first-order valence-electron chi connectivity index (χ1n) is 12.2. The van der Waals surface area contributed by atoms with Crippen molar-refractivity contribution in [2.45, 2.75) is 41.5 Å². The van der Waals surface area contributed by atoms with Gasteiger partial charge in [0.05, 0.1) is 6.54 Å². The van der Waals surface area contributed by atoms with Crippen LogP contribution in [0.1, 0.15) is 36.0 Å². The number of amides is 1. The third kappa shape index (κ3) is 5.77. The Hall–Kier alpha value is -2.90. The lowest BCUT2D eigenvalue weighted by atomic mass is 9.86. The van der Waals surface area contributed by atoms with Crippen molar-refractivity contribution in [3.05, 3.63) is 82.9 Å². The van der Waals surface area contributed by atoms with E-state index in [9.17, 15) is 4.79 Å². The quantitative estimate of drug-likeness (QED) is 0.412. The summed E-state index contributed by atoms with van der Waals surface area (Å²) >= 11 is 1.72. The summed E-state index contributed by atoms with van der Waals surface area (Å²) in [5.74, 6) is 0.570. The Morgan fingerprint density at radius 1 is 1.24 bits per heavy atom. The van der Waals surface area contributed by atoms with Gasteiger partial charge in [0.2, 0.25) is 0 Å². The van der Waals surface area contributed by atoms with Crippen molar-refractivity contribution < 1.29 is 4.79 Å². The predicted octanol–water partition coefficient (Wildman–Crippen LogP) is 3.33. The summed E-state index contributed by atoms with van der Waals surface area (Å²) in [5, 5.41) is 13.4. The van der Waals surface area contributed by atoms with Crippen LogP contribution in [0.15, 0.2) is 87.1 Å². The van der Waals surface area contributed by atoms with E-state index < -0.39 is 0 Å². The SMILES string of the molecule is NC1=C(/C=C\C2CCC(C3=CNCC=C3)CCCN2)CNC(CNC(=O)c2ccc3c(c2)S3)=C1. The number of allylic oxidation sites excluding steroid dienone is 3. The molecule has 0 radical (unpaired) electrons. The van der Waals surface area contributed by atoms with Gasteiger partial charge in [-0.1, -0.05) is 36.1 Å². The van der Waals surface area contributed by atoms with Gasteiger partial charge in [0.1, 0.15) is 0 Å². The summed E-state index contributed by atoms with van der Waals surface area (Å²) in [6, 6.07) is 6.17. The minimum atomic E-state index is -0.0600. The number of hydrogen-bond acceptors (Lipinski definition) is 6. The molecule has 1 aromatic rings. The topological polar surface area (TPSA) is 91.2 Å². The van der Waals surface area contributed by atoms with Crippen LogP contribution in [0.2, 0.25) is 0 Å². The molecule has 178 valence electrons. The molecule has 0 saturated carbocycles. The third-order valence-corrected chi connectivity index (χ3v) is 7.74. The Bertz CT molecular complexity index is 1100. The fraction of sp³-hybridized carbons (Fsp3) is 0.370. The minimum absolute atomic E-state index is 0.0600. The van der Waals surface area contributed by atoms with Crippen molar-refractivity contribution in [2.24, 2.45) is 11.7 Å². The lowest BCUT2D eigenvalue weighted by Gasteiger charge is -2.26. The minimum Gasteiger partial charge on any atom is -0.398 e. The molecule has 4 heterocycles. The van der Waals surface area contributed by atoms with Gasteiger partial charge in [-0.2, -0.15) is 0 Å². The zero-order valence-corrected chi connectivity index (χ0v) is 20.2. The van der Waals surface area contributed by atoms with Gasteiger partial charge in [-0.3, -0.25) is 4.79 Å². The largest absolute Gasteiger partial charge is 0.398 e. The van der Waals surface area contributed by atoms with Gasteiger partial charge >= 0.3 is 0 Å². The monoisotopic (exact) mass is 475 g/mol. The summed E-state index contributed by atoms with van der Waals surface area (Å²) in [6.45, 7) is 3.07. The van der Waals surface area contributed by atoms with E-state index in [2.05, 4.69) is 51.8 Å². The molecule has 34 heavy (non-hydrogen) atoms. The van der Waals surface area contributed by atoms with Gasteiger partial charge < -0.3 is 27.0 Å². The normalized spacial score (nSPS) is 24.2. The fourth-order valence-corrected chi connectivity index (χ4v) is 5.36. The van der Waals surface area contributed by atoms with Gasteiger partial charge in [-0.05, 0) is 73.6 Å². The molecule has 6 N–H and O–H groups in total. The molecule has 1 aromatic carbocycles. The zero-order valence-electron chi connectivity index (χ0n) is 19.4. The average Bonchev–Trinajstić information content (AvgIpc) is 3.62. The van der Waals surface area contributed by atoms with Crippen LogP contribution in [0.5, 0.6) is 0 Å². The van der Waals surface area contributed by atoms with Crippen LogP contribution < -0.4 is 27.0 Å². The van der Waals surface area contributed by atoms with Crippen molar-refractivity contribution in [2.75, 3.05) is 26.2 Å². The molecule has 2 atom stereocenters. The van der Waals surface area contributed by atoms with E-state index in [1.807, 2.05) is 24.3 Å². The van der Waals surface area contributed by atoms with Crippen molar-refractivity contribution in [3.63, 3.8) is 0 Å². The number of carbonyl (C=O) groups excluding carboxylic acids is 1. The first kappa shape index (κ1) is 22.9. The molecule has 0 aliphatic carbocycles. The maximum atomic E-state index is 12.4. The van der Waals surface area contributed by atoms with Crippen LogP contribution in [0.4, 0.5) is 0 Å². The molecule has 4 aliphatic heterocycles. The van der Waals surface area contributed by atoms with Crippen molar-refractivity contribution in [1.82, 2.24) is 21.3 Å². The first-order chi connectivity index (χ1) is 16.7. The number of dihydropyridines is 2. The fourth-order valence-electron chi connectivity index (χ4n) is 4.73. The lowest BCUT2D eigenvalue weighted by Crippen LogP contribution is -2.34. The van der Waals surface area contributed by atoms with E-state index in [1.54, 1.807) is 11.8 Å². The summed E-state index contributed by atoms with van der Waals surface area (Å²) in [4.78, 5) is 14.9. The molecule has 1 fully saturated rings. The van der Waals surface area contributed by atoms with E-state index in [0.717, 1.165) is 36.5 Å². The summed E-state index contributed by atoms with van der Waals surface area (Å²) in [6.07, 6.45) is 17.8. The molecule has 7 heteroatoms. The summed E-state index contributed by atoms with van der Waals surface area (Å²) < 4.78 is 0. The first-order valence-corrected chi connectivity index (χ1v) is 13.0. The smallest absolute Gasteiger partial charge is 0.251 e. The Morgan fingerprint density at radius 3 is 3.00 bits per heavy atom. The van der Waals surface area contributed by atoms with Gasteiger partial charge in [0.25, 0.3) is 5.91 Å². The molecule has 0 spiro atoms. The van der Waals surface area contributed by atoms with Gasteiger partial charge in [-0.15, -0.1) is 0 Å². The standard InChI is InChI=1S/C27H33N5OS/c28-24-14-23(17-32-27(33)19-7-10-25-26(13-19)34-25)31-16-21(24)6-9-22-8-5-18(3-2-12-30-22)20-4-1-11-29-15-20/h1,4,6-7,9-10,13-15,18,22,29-31H,2-3,5,8,11-12,16-17,28H2,(H,32,33)/b9-6-. The second-order valence-corrected chi connectivity index (χ2v) is 10.3. The summed E-state index contributed by atoms with van der Waals surface area (Å²) in [7, 11) is 0. The Balaban J connectivity index is 1.14. The average molecular weight is 476 g/mol. The highest BCUT2D eigenvalue weighted by Crippen LogP contribution is 2.48. The Morgan fingerprint density at radius 2 is 2.18 bits per heavy atom. The highest BCUT2D eigenvalue weighted by molar-refractivity contribution is 8.05. The molecular formula is C27H33N5OS. The summed E-state index contributed by atoms with van der Waals surface area (Å²) in [5.41, 5.74) is 11.3. The van der Waals surface area contributed by atoms with E-state index in [4.69, 9.17) is 5.73 Å². The maximum Gasteiger partial charge on any atom is 0.251 e. The van der Waals surface area contributed by atoms with Crippen LogP contribution in [0.25, 0.3) is 0 Å². The maximum absolute atomic E-state index is 12.4. The van der Waals surface area contributed by atoms with Gasteiger partial charge in [0.15, 0.2) is 0 Å². The number of nitrogens with one attached hydrogen (secondary N) is 4. The van der Waals surface area contributed by atoms with Crippen molar-refractivity contribution >= 4 is 17.7 Å². The molecule has 4 aliphatic rings. The van der Waals surface area contributed by atoms with Gasteiger partial charge in [-0.25, -0.2) is 0 Å². The van der Waals surface area contributed by atoms with E-state index in [0.29, 0.717) is 30.6 Å². The number of nitrogens with two attached hydrogens (primary N) is 1. The number of fused-ring (bicyclic) bond motifs is 1.